The van der Waals surface area contributed by atoms with Gasteiger partial charge in [-0.25, -0.2) is 12.8 Å². The highest BCUT2D eigenvalue weighted by Gasteiger charge is 2.35. The summed E-state index contributed by atoms with van der Waals surface area (Å²) >= 11 is 11.9. The maximum atomic E-state index is 14.8. The monoisotopic (exact) mass is 531 g/mol. The predicted molar refractivity (Wildman–Crippen MR) is 137 cm³/mol. The van der Waals surface area contributed by atoms with Crippen molar-refractivity contribution in [1.82, 2.24) is 10.2 Å². The number of sulfonamides is 1. The van der Waals surface area contributed by atoms with E-state index >= 15 is 0 Å². The second-order valence-electron chi connectivity index (χ2n) is 8.11. The molecule has 0 saturated carbocycles. The molecule has 188 valence electrons. The fourth-order valence-corrected chi connectivity index (χ4v) is 5.53. The smallest absolute Gasteiger partial charge is 0.265 e. The van der Waals surface area contributed by atoms with Gasteiger partial charge in [-0.1, -0.05) is 37.0 Å². The maximum Gasteiger partial charge on any atom is 0.265 e. The van der Waals surface area contributed by atoms with E-state index in [0.717, 1.165) is 42.8 Å². The molecule has 0 heterocycles. The molecule has 0 aliphatic rings. The lowest BCUT2D eigenvalue weighted by Gasteiger charge is -2.31. The van der Waals surface area contributed by atoms with E-state index in [1.165, 1.54) is 43.3 Å². The van der Waals surface area contributed by atoms with Crippen LogP contribution in [0, 0.1) is 5.82 Å². The molecule has 0 bridgehead atoms. The van der Waals surface area contributed by atoms with Gasteiger partial charge >= 0.3 is 0 Å². The number of carbonyl (C=O) groups is 1. The highest BCUT2D eigenvalue weighted by molar-refractivity contribution is 7.93. The van der Waals surface area contributed by atoms with Gasteiger partial charge in [0.15, 0.2) is 0 Å². The minimum absolute atomic E-state index is 0.122. The number of halogens is 3. The predicted octanol–water partition coefficient (Wildman–Crippen LogP) is 5.34. The molecule has 2 aromatic carbocycles. The fraction of sp³-hybridized carbons (Fsp3) is 0.458. The Kier molecular flexibility index (Phi) is 10.6. The SMILES string of the molecule is CCN(CC)CCCC(C)NC(=O)C(C)N(c1cc(Cl)ccc1F)S(=O)(=O)c1ccc(Cl)cc1. The van der Waals surface area contributed by atoms with E-state index in [4.69, 9.17) is 23.2 Å². The first-order chi connectivity index (χ1) is 16.0. The van der Waals surface area contributed by atoms with Crippen LogP contribution in [0.1, 0.15) is 40.5 Å². The lowest BCUT2D eigenvalue weighted by atomic mass is 10.1. The number of benzene rings is 2. The standard InChI is InChI=1S/C24H32Cl2FN3O3S/c1-5-29(6-2)15-7-8-17(3)28-24(31)18(4)30(23-16-20(26)11-14-22(23)27)34(32,33)21-12-9-19(25)10-13-21/h9-14,16-18H,5-8,15H2,1-4H3,(H,28,31). The van der Waals surface area contributed by atoms with Crippen LogP contribution in [-0.2, 0) is 14.8 Å². The molecule has 0 aromatic heterocycles. The van der Waals surface area contributed by atoms with Gasteiger partial charge in [0.2, 0.25) is 5.91 Å². The molecule has 1 amide bonds. The van der Waals surface area contributed by atoms with Crippen LogP contribution >= 0.6 is 23.2 Å². The highest BCUT2D eigenvalue weighted by Crippen LogP contribution is 2.31. The van der Waals surface area contributed by atoms with Crippen molar-refractivity contribution in [3.8, 4) is 0 Å². The third-order valence-corrected chi connectivity index (χ3v) is 8.03. The third kappa shape index (κ3) is 7.31. The Balaban J connectivity index is 2.31. The summed E-state index contributed by atoms with van der Waals surface area (Å²) in [5.41, 5.74) is -0.306. The largest absolute Gasteiger partial charge is 0.352 e. The van der Waals surface area contributed by atoms with Crippen LogP contribution in [0.4, 0.5) is 10.1 Å². The number of nitrogens with zero attached hydrogens (tertiary/aromatic N) is 2. The molecule has 2 unspecified atom stereocenters. The van der Waals surface area contributed by atoms with Crippen molar-refractivity contribution in [2.45, 2.75) is 57.5 Å². The van der Waals surface area contributed by atoms with Crippen molar-refractivity contribution >= 4 is 44.8 Å². The van der Waals surface area contributed by atoms with Crippen LogP contribution in [-0.4, -0.2) is 50.9 Å². The van der Waals surface area contributed by atoms with Crippen molar-refractivity contribution in [3.05, 3.63) is 58.3 Å². The van der Waals surface area contributed by atoms with E-state index in [0.29, 0.717) is 5.02 Å². The van der Waals surface area contributed by atoms with Crippen LogP contribution < -0.4 is 9.62 Å². The van der Waals surface area contributed by atoms with Crippen molar-refractivity contribution < 1.29 is 17.6 Å². The van der Waals surface area contributed by atoms with E-state index in [1.807, 2.05) is 6.92 Å². The zero-order chi connectivity index (χ0) is 25.5. The molecule has 34 heavy (non-hydrogen) atoms. The number of anilines is 1. The molecule has 6 nitrogen and oxygen atoms in total. The number of nitrogens with one attached hydrogen (secondary N) is 1. The lowest BCUT2D eigenvalue weighted by Crippen LogP contribution is -2.50. The Labute approximate surface area is 212 Å². The summed E-state index contributed by atoms with van der Waals surface area (Å²) < 4.78 is 42.7. The molecule has 0 aliphatic heterocycles. The summed E-state index contributed by atoms with van der Waals surface area (Å²) in [5.74, 6) is -1.35. The minimum atomic E-state index is -4.32. The molecule has 0 radical (unpaired) electrons. The van der Waals surface area contributed by atoms with Gasteiger partial charge in [0.25, 0.3) is 10.0 Å². The zero-order valence-corrected chi connectivity index (χ0v) is 22.2. The Morgan fingerprint density at radius 1 is 1.03 bits per heavy atom. The Morgan fingerprint density at radius 2 is 1.62 bits per heavy atom. The average Bonchev–Trinajstić information content (AvgIpc) is 2.79. The molecular weight excluding hydrogens is 500 g/mol. The molecule has 1 N–H and O–H groups in total. The second kappa shape index (κ2) is 12.7. The number of hydrogen-bond acceptors (Lipinski definition) is 4. The molecule has 0 saturated heterocycles. The van der Waals surface area contributed by atoms with Gasteiger partial charge in [-0.05, 0) is 88.8 Å². The number of hydrogen-bond donors (Lipinski definition) is 1. The van der Waals surface area contributed by atoms with E-state index in [9.17, 15) is 17.6 Å². The average molecular weight is 533 g/mol. The summed E-state index contributed by atoms with van der Waals surface area (Å²) in [7, 11) is -4.32. The first kappa shape index (κ1) is 28.4. The Bertz CT molecular complexity index is 1060. The normalized spacial score (nSPS) is 13.5. The van der Waals surface area contributed by atoms with E-state index in [1.54, 1.807) is 0 Å². The fourth-order valence-electron chi connectivity index (χ4n) is 3.62. The summed E-state index contributed by atoms with van der Waals surface area (Å²) in [5, 5.41) is 3.36. The Morgan fingerprint density at radius 3 is 2.21 bits per heavy atom. The van der Waals surface area contributed by atoms with Gasteiger partial charge in [0, 0.05) is 16.1 Å². The first-order valence-corrected chi connectivity index (χ1v) is 13.5. The van der Waals surface area contributed by atoms with Crippen LogP contribution in [0.2, 0.25) is 10.0 Å². The van der Waals surface area contributed by atoms with Crippen LogP contribution in [0.15, 0.2) is 47.4 Å². The quantitative estimate of drug-likeness (QED) is 0.401. The summed E-state index contributed by atoms with van der Waals surface area (Å²) in [6, 6.07) is 7.63. The summed E-state index contributed by atoms with van der Waals surface area (Å²) in [4.78, 5) is 15.3. The maximum absolute atomic E-state index is 14.8. The van der Waals surface area contributed by atoms with Gasteiger partial charge < -0.3 is 10.2 Å². The molecule has 2 rings (SSSR count). The van der Waals surface area contributed by atoms with Crippen molar-refractivity contribution in [2.75, 3.05) is 23.9 Å². The van der Waals surface area contributed by atoms with Gasteiger partial charge in [0.1, 0.15) is 11.9 Å². The molecule has 2 aromatic rings. The molecule has 0 spiro atoms. The summed E-state index contributed by atoms with van der Waals surface area (Å²) in [6.07, 6.45) is 1.61. The van der Waals surface area contributed by atoms with E-state index in [-0.39, 0.29) is 21.6 Å². The zero-order valence-electron chi connectivity index (χ0n) is 19.9. The van der Waals surface area contributed by atoms with Gasteiger partial charge in [-0.3, -0.25) is 9.10 Å². The Hall–Kier alpha value is -1.87. The molecular formula is C24H32Cl2FN3O3S. The van der Waals surface area contributed by atoms with E-state index < -0.39 is 27.8 Å². The third-order valence-electron chi connectivity index (χ3n) is 5.64. The van der Waals surface area contributed by atoms with Gasteiger partial charge in [-0.15, -0.1) is 0 Å². The van der Waals surface area contributed by atoms with E-state index in [2.05, 4.69) is 24.1 Å². The number of amides is 1. The lowest BCUT2D eigenvalue weighted by molar-refractivity contribution is -0.122. The second-order valence-corrected chi connectivity index (χ2v) is 10.8. The minimum Gasteiger partial charge on any atom is -0.352 e. The molecule has 0 aliphatic carbocycles. The molecule has 10 heteroatoms. The van der Waals surface area contributed by atoms with Gasteiger partial charge in [0.05, 0.1) is 10.6 Å². The van der Waals surface area contributed by atoms with Crippen molar-refractivity contribution in [3.63, 3.8) is 0 Å². The van der Waals surface area contributed by atoms with Crippen LogP contribution in [0.25, 0.3) is 0 Å². The van der Waals surface area contributed by atoms with Crippen LogP contribution in [0.3, 0.4) is 0 Å². The highest BCUT2D eigenvalue weighted by atomic mass is 35.5. The summed E-state index contributed by atoms with van der Waals surface area (Å²) in [6.45, 7) is 10.3. The molecule has 0 fully saturated rings. The number of carbonyl (C=O) groups excluding carboxylic acids is 1. The van der Waals surface area contributed by atoms with Crippen molar-refractivity contribution in [1.29, 1.82) is 0 Å². The molecule has 2 atom stereocenters. The van der Waals surface area contributed by atoms with Crippen molar-refractivity contribution in [2.24, 2.45) is 0 Å². The first-order valence-electron chi connectivity index (χ1n) is 11.3. The number of rotatable bonds is 12. The van der Waals surface area contributed by atoms with Crippen LogP contribution in [0.5, 0.6) is 0 Å². The topological polar surface area (TPSA) is 69.7 Å². The van der Waals surface area contributed by atoms with Gasteiger partial charge in [-0.2, -0.15) is 0 Å².